The molecule has 1 heterocycles. The van der Waals surface area contributed by atoms with Crippen LogP contribution in [0.25, 0.3) is 0 Å². The number of nitrogens with one attached hydrogen (secondary N) is 2. The number of methoxy groups -OCH3 is 1. The average Bonchev–Trinajstić information content (AvgIpc) is 2.67. The summed E-state index contributed by atoms with van der Waals surface area (Å²) in [5, 5.41) is 6.58. The summed E-state index contributed by atoms with van der Waals surface area (Å²) >= 11 is 0. The van der Waals surface area contributed by atoms with Gasteiger partial charge in [0, 0.05) is 31.9 Å². The molecule has 2 N–H and O–H groups in total. The van der Waals surface area contributed by atoms with Gasteiger partial charge in [-0.25, -0.2) is 4.98 Å². The van der Waals surface area contributed by atoms with Crippen molar-refractivity contribution in [3.63, 3.8) is 0 Å². The van der Waals surface area contributed by atoms with Gasteiger partial charge in [-0.05, 0) is 30.2 Å². The molecule has 0 amide bonds. The third-order valence-electron chi connectivity index (χ3n) is 3.58. The first-order chi connectivity index (χ1) is 12.3. The Morgan fingerprint density at radius 3 is 2.56 bits per heavy atom. The van der Waals surface area contributed by atoms with E-state index in [2.05, 4.69) is 27.5 Å². The lowest BCUT2D eigenvalue weighted by molar-refractivity contribution is 0.301. The highest BCUT2D eigenvalue weighted by molar-refractivity contribution is 5.79. The molecular weight excluding hydrogens is 316 g/mol. The molecule has 0 fully saturated rings. The molecule has 1 aromatic carbocycles. The summed E-state index contributed by atoms with van der Waals surface area (Å²) in [6.45, 7) is 4.01. The van der Waals surface area contributed by atoms with Gasteiger partial charge in [-0.1, -0.05) is 25.1 Å². The first-order valence-corrected chi connectivity index (χ1v) is 8.41. The van der Waals surface area contributed by atoms with Crippen LogP contribution in [0.3, 0.4) is 0 Å². The molecule has 25 heavy (non-hydrogen) atoms. The SMILES string of the molecule is CCCOc1ncccc1CNC(=NC)NCc1ccc(OC)cc1. The Morgan fingerprint density at radius 1 is 1.12 bits per heavy atom. The van der Waals surface area contributed by atoms with Gasteiger partial charge in [-0.2, -0.15) is 0 Å². The Morgan fingerprint density at radius 2 is 1.88 bits per heavy atom. The molecule has 1 aromatic heterocycles. The highest BCUT2D eigenvalue weighted by atomic mass is 16.5. The molecule has 2 rings (SSSR count). The highest BCUT2D eigenvalue weighted by Gasteiger charge is 2.06. The van der Waals surface area contributed by atoms with E-state index in [1.165, 1.54) is 0 Å². The van der Waals surface area contributed by atoms with E-state index in [1.54, 1.807) is 20.4 Å². The summed E-state index contributed by atoms with van der Waals surface area (Å²) in [6, 6.07) is 11.8. The molecule has 134 valence electrons. The topological polar surface area (TPSA) is 67.8 Å². The summed E-state index contributed by atoms with van der Waals surface area (Å²) in [6.07, 6.45) is 2.69. The molecule has 6 heteroatoms. The van der Waals surface area contributed by atoms with E-state index in [0.29, 0.717) is 25.6 Å². The van der Waals surface area contributed by atoms with Crippen LogP contribution in [0.15, 0.2) is 47.6 Å². The Hall–Kier alpha value is -2.76. The smallest absolute Gasteiger partial charge is 0.218 e. The van der Waals surface area contributed by atoms with Gasteiger partial charge in [0.2, 0.25) is 5.88 Å². The minimum atomic E-state index is 0.592. The third kappa shape index (κ3) is 5.99. The maximum absolute atomic E-state index is 5.68. The summed E-state index contributed by atoms with van der Waals surface area (Å²) in [5.74, 6) is 2.24. The van der Waals surface area contributed by atoms with Crippen LogP contribution < -0.4 is 20.1 Å². The van der Waals surface area contributed by atoms with E-state index < -0.39 is 0 Å². The van der Waals surface area contributed by atoms with Gasteiger partial charge in [0.25, 0.3) is 0 Å². The number of guanidine groups is 1. The molecule has 2 aromatic rings. The quantitative estimate of drug-likeness (QED) is 0.570. The Kier molecular flexibility index (Phi) is 7.56. The van der Waals surface area contributed by atoms with Crippen molar-refractivity contribution >= 4 is 5.96 Å². The van der Waals surface area contributed by atoms with Crippen LogP contribution in [-0.4, -0.2) is 31.7 Å². The lowest BCUT2D eigenvalue weighted by Crippen LogP contribution is -2.36. The molecule has 0 saturated heterocycles. The number of nitrogens with zero attached hydrogens (tertiary/aromatic N) is 2. The summed E-state index contributed by atoms with van der Waals surface area (Å²) in [4.78, 5) is 8.55. The van der Waals surface area contributed by atoms with Crippen LogP contribution in [0.2, 0.25) is 0 Å². The number of ether oxygens (including phenoxy) is 2. The predicted molar refractivity (Wildman–Crippen MR) is 100 cm³/mol. The van der Waals surface area contributed by atoms with Gasteiger partial charge in [0.1, 0.15) is 5.75 Å². The van der Waals surface area contributed by atoms with Crippen LogP contribution in [0.1, 0.15) is 24.5 Å². The maximum atomic E-state index is 5.68. The first kappa shape index (κ1) is 18.6. The highest BCUT2D eigenvalue weighted by Crippen LogP contribution is 2.14. The van der Waals surface area contributed by atoms with Crippen LogP contribution >= 0.6 is 0 Å². The second kappa shape index (κ2) is 10.2. The number of hydrogen-bond acceptors (Lipinski definition) is 4. The van der Waals surface area contributed by atoms with Crippen LogP contribution in [0, 0.1) is 0 Å². The number of aliphatic imine (C=N–C) groups is 1. The Labute approximate surface area is 149 Å². The van der Waals surface area contributed by atoms with Gasteiger partial charge in [0.15, 0.2) is 5.96 Å². The number of pyridine rings is 1. The minimum Gasteiger partial charge on any atom is -0.497 e. The maximum Gasteiger partial charge on any atom is 0.218 e. The van der Waals surface area contributed by atoms with Crippen molar-refractivity contribution in [3.8, 4) is 11.6 Å². The number of benzene rings is 1. The molecule has 0 atom stereocenters. The zero-order valence-electron chi connectivity index (χ0n) is 15.1. The molecule has 0 radical (unpaired) electrons. The van der Waals surface area contributed by atoms with Crippen molar-refractivity contribution in [3.05, 3.63) is 53.7 Å². The van der Waals surface area contributed by atoms with Gasteiger partial charge in [-0.15, -0.1) is 0 Å². The largest absolute Gasteiger partial charge is 0.497 e. The Balaban J connectivity index is 1.87. The first-order valence-electron chi connectivity index (χ1n) is 8.41. The van der Waals surface area contributed by atoms with Crippen LogP contribution in [0.4, 0.5) is 0 Å². The van der Waals surface area contributed by atoms with Crippen molar-refractivity contribution in [2.75, 3.05) is 20.8 Å². The molecular formula is C19H26N4O2. The molecule has 0 saturated carbocycles. The molecule has 0 unspecified atom stereocenters. The standard InChI is InChI=1S/C19H26N4O2/c1-4-12-25-18-16(6-5-11-21-18)14-23-19(20-2)22-13-15-7-9-17(24-3)10-8-15/h5-11H,4,12-14H2,1-3H3,(H2,20,22,23). The fourth-order valence-corrected chi connectivity index (χ4v) is 2.22. The second-order valence-corrected chi connectivity index (χ2v) is 5.44. The van der Waals surface area contributed by atoms with E-state index in [-0.39, 0.29) is 0 Å². The summed E-state index contributed by atoms with van der Waals surface area (Å²) in [5.41, 5.74) is 2.15. The third-order valence-corrected chi connectivity index (χ3v) is 3.58. The summed E-state index contributed by atoms with van der Waals surface area (Å²) < 4.78 is 10.8. The minimum absolute atomic E-state index is 0.592. The normalized spacial score (nSPS) is 11.1. The van der Waals surface area contributed by atoms with E-state index in [4.69, 9.17) is 9.47 Å². The summed E-state index contributed by atoms with van der Waals surface area (Å²) in [7, 11) is 3.41. The average molecular weight is 342 g/mol. The number of hydrogen-bond donors (Lipinski definition) is 2. The molecule has 0 spiro atoms. The fourth-order valence-electron chi connectivity index (χ4n) is 2.22. The number of aromatic nitrogens is 1. The van der Waals surface area contributed by atoms with Gasteiger partial charge in [0.05, 0.1) is 13.7 Å². The lowest BCUT2D eigenvalue weighted by Gasteiger charge is -2.14. The van der Waals surface area contributed by atoms with Crippen molar-refractivity contribution in [2.45, 2.75) is 26.4 Å². The van der Waals surface area contributed by atoms with Crippen molar-refractivity contribution in [1.29, 1.82) is 0 Å². The Bertz CT molecular complexity index is 671. The lowest BCUT2D eigenvalue weighted by atomic mass is 10.2. The second-order valence-electron chi connectivity index (χ2n) is 5.44. The molecule has 6 nitrogen and oxygen atoms in total. The van der Waals surface area contributed by atoms with Gasteiger partial charge in [-0.3, -0.25) is 4.99 Å². The van der Waals surface area contributed by atoms with Gasteiger partial charge < -0.3 is 20.1 Å². The van der Waals surface area contributed by atoms with E-state index in [0.717, 1.165) is 29.3 Å². The molecule has 0 aliphatic carbocycles. The van der Waals surface area contributed by atoms with E-state index in [1.807, 2.05) is 36.4 Å². The van der Waals surface area contributed by atoms with Crippen molar-refractivity contribution < 1.29 is 9.47 Å². The van der Waals surface area contributed by atoms with Crippen LogP contribution in [0.5, 0.6) is 11.6 Å². The predicted octanol–water partition coefficient (Wildman–Crippen LogP) is 2.74. The molecule has 0 aliphatic rings. The zero-order chi connectivity index (χ0) is 17.9. The van der Waals surface area contributed by atoms with Crippen LogP contribution in [-0.2, 0) is 13.1 Å². The number of rotatable bonds is 8. The zero-order valence-corrected chi connectivity index (χ0v) is 15.1. The molecule has 0 bridgehead atoms. The monoisotopic (exact) mass is 342 g/mol. The molecule has 0 aliphatic heterocycles. The van der Waals surface area contributed by atoms with Gasteiger partial charge >= 0.3 is 0 Å². The van der Waals surface area contributed by atoms with Crippen molar-refractivity contribution in [1.82, 2.24) is 15.6 Å². The fraction of sp³-hybridized carbons (Fsp3) is 0.368. The van der Waals surface area contributed by atoms with E-state index >= 15 is 0 Å². The van der Waals surface area contributed by atoms with Crippen molar-refractivity contribution in [2.24, 2.45) is 4.99 Å². The van der Waals surface area contributed by atoms with E-state index in [9.17, 15) is 0 Å².